The van der Waals surface area contributed by atoms with Gasteiger partial charge < -0.3 is 9.84 Å². The molecule has 0 heterocycles. The van der Waals surface area contributed by atoms with Gasteiger partial charge in [0.15, 0.2) is 11.4 Å². The molecule has 4 rings (SSSR count). The average molecular weight is 407 g/mol. The molecular formula is C23H31ClO4. The molecule has 28 heavy (non-hydrogen) atoms. The van der Waals surface area contributed by atoms with Crippen LogP contribution in [0.15, 0.2) is 22.8 Å². The molecule has 0 aromatic rings. The van der Waals surface area contributed by atoms with E-state index in [9.17, 15) is 14.7 Å². The molecule has 0 unspecified atom stereocenters. The maximum Gasteiger partial charge on any atom is 0.303 e. The molecule has 2 fully saturated rings. The summed E-state index contributed by atoms with van der Waals surface area (Å²) in [5.74, 6) is 0.542. The molecule has 0 bridgehead atoms. The molecule has 154 valence electrons. The van der Waals surface area contributed by atoms with E-state index in [2.05, 4.69) is 19.9 Å². The van der Waals surface area contributed by atoms with Crippen molar-refractivity contribution in [3.05, 3.63) is 22.8 Å². The zero-order chi connectivity index (χ0) is 20.5. The first-order chi connectivity index (χ1) is 13.0. The van der Waals surface area contributed by atoms with E-state index < -0.39 is 11.7 Å². The number of halogens is 1. The van der Waals surface area contributed by atoms with Gasteiger partial charge in [0.1, 0.15) is 0 Å². The van der Waals surface area contributed by atoms with Crippen molar-refractivity contribution in [1.29, 1.82) is 0 Å². The molecule has 4 nitrogen and oxygen atoms in total. The van der Waals surface area contributed by atoms with E-state index in [-0.39, 0.29) is 34.4 Å². The van der Waals surface area contributed by atoms with Gasteiger partial charge in [-0.2, -0.15) is 0 Å². The number of carbonyl (C=O) groups is 2. The minimum Gasteiger partial charge on any atom is -0.451 e. The van der Waals surface area contributed by atoms with Gasteiger partial charge in [0.05, 0.1) is 6.10 Å². The van der Waals surface area contributed by atoms with Crippen LogP contribution in [0.5, 0.6) is 0 Å². The summed E-state index contributed by atoms with van der Waals surface area (Å²) in [6.45, 7) is 7.40. The Bertz CT molecular complexity index is 785. The molecule has 0 amide bonds. The lowest BCUT2D eigenvalue weighted by Gasteiger charge is -2.58. The molecule has 0 aromatic heterocycles. The van der Waals surface area contributed by atoms with Gasteiger partial charge in [-0.25, -0.2) is 0 Å². The quantitative estimate of drug-likeness (QED) is 0.683. The molecule has 0 radical (unpaired) electrons. The van der Waals surface area contributed by atoms with Crippen molar-refractivity contribution < 1.29 is 19.4 Å². The molecular weight excluding hydrogens is 376 g/mol. The maximum atomic E-state index is 12.8. The molecule has 2 saturated carbocycles. The van der Waals surface area contributed by atoms with Crippen LogP contribution in [0, 0.1) is 28.6 Å². The molecule has 4 aliphatic carbocycles. The molecule has 0 aliphatic heterocycles. The summed E-state index contributed by atoms with van der Waals surface area (Å²) in [7, 11) is 0. The van der Waals surface area contributed by atoms with Crippen LogP contribution in [0.1, 0.15) is 66.2 Å². The van der Waals surface area contributed by atoms with Crippen LogP contribution in [0.4, 0.5) is 0 Å². The van der Waals surface area contributed by atoms with E-state index in [4.69, 9.17) is 16.3 Å². The summed E-state index contributed by atoms with van der Waals surface area (Å²) in [6, 6.07) is 0. The number of aliphatic hydroxyl groups excluding tert-OH is 1. The van der Waals surface area contributed by atoms with E-state index in [1.807, 2.05) is 6.08 Å². The Balaban J connectivity index is 1.78. The highest BCUT2D eigenvalue weighted by Gasteiger charge is 2.67. The largest absolute Gasteiger partial charge is 0.451 e. The highest BCUT2D eigenvalue weighted by molar-refractivity contribution is 6.32. The zero-order valence-electron chi connectivity index (χ0n) is 17.3. The fraction of sp³-hybridized carbons (Fsp3) is 0.739. The lowest BCUT2D eigenvalue weighted by Crippen LogP contribution is -2.58. The van der Waals surface area contributed by atoms with Gasteiger partial charge in [0.25, 0.3) is 0 Å². The number of ketones is 1. The number of ether oxygens (including phenoxy) is 1. The number of allylic oxidation sites excluding steroid dienone is 3. The number of rotatable bonds is 2. The van der Waals surface area contributed by atoms with Gasteiger partial charge in [0.2, 0.25) is 0 Å². The Hall–Kier alpha value is -1.13. The average Bonchev–Trinajstić information content (AvgIpc) is 2.90. The number of aliphatic hydroxyl groups is 1. The number of carbonyl (C=O) groups excluding carboxylic acids is 2. The molecule has 0 aromatic carbocycles. The maximum absolute atomic E-state index is 12.8. The van der Waals surface area contributed by atoms with E-state index in [1.165, 1.54) is 6.92 Å². The van der Waals surface area contributed by atoms with Crippen LogP contribution in [-0.2, 0) is 14.3 Å². The van der Waals surface area contributed by atoms with Gasteiger partial charge >= 0.3 is 5.97 Å². The summed E-state index contributed by atoms with van der Waals surface area (Å²) in [6.07, 6.45) is 8.68. The van der Waals surface area contributed by atoms with Crippen molar-refractivity contribution in [1.82, 2.24) is 0 Å². The predicted molar refractivity (Wildman–Crippen MR) is 108 cm³/mol. The Morgan fingerprint density at radius 1 is 1.07 bits per heavy atom. The first-order valence-corrected chi connectivity index (χ1v) is 10.9. The van der Waals surface area contributed by atoms with Gasteiger partial charge in [0, 0.05) is 17.4 Å². The fourth-order valence-corrected chi connectivity index (χ4v) is 7.70. The van der Waals surface area contributed by atoms with Crippen LogP contribution in [-0.4, -0.2) is 28.6 Å². The van der Waals surface area contributed by atoms with Crippen LogP contribution in [0.25, 0.3) is 0 Å². The fourth-order valence-electron chi connectivity index (χ4n) is 7.28. The highest BCUT2D eigenvalue weighted by atomic mass is 35.5. The summed E-state index contributed by atoms with van der Waals surface area (Å²) in [5, 5.41) is 10.9. The molecule has 0 spiro atoms. The van der Waals surface area contributed by atoms with E-state index >= 15 is 0 Å². The SMILES string of the molecule is CC(=O)O[C@]1(C(C)=O)CC[C@H]2[C@H]3C=C(Cl)C4=C[C@H](O)CC[C@]4(C)[C@H]3CC[C@@]21C. The number of Topliss-reactive ketones (excluding diaryl/α,β-unsaturated/α-hetero) is 1. The van der Waals surface area contributed by atoms with Crippen molar-refractivity contribution in [2.45, 2.75) is 77.9 Å². The minimum absolute atomic E-state index is 0.0374. The number of hydrogen-bond donors (Lipinski definition) is 1. The van der Waals surface area contributed by atoms with Crippen molar-refractivity contribution >= 4 is 23.4 Å². The number of fused-ring (bicyclic) bond motifs is 5. The van der Waals surface area contributed by atoms with Crippen molar-refractivity contribution in [2.24, 2.45) is 28.6 Å². The second-order valence-electron chi connectivity index (χ2n) is 9.88. The number of esters is 1. The first-order valence-electron chi connectivity index (χ1n) is 10.5. The standard InChI is InChI=1S/C23H31ClO4/c1-13(25)23(28-14(2)26)10-7-18-16-12-20(24)19-11-15(27)5-8-21(19,3)17(16)6-9-22(18,23)4/h11-12,15-18,27H,5-10H2,1-4H3/t15-,16+,17+,18+,21-,22+,23+/m1/s1. The van der Waals surface area contributed by atoms with E-state index in [0.29, 0.717) is 12.3 Å². The minimum atomic E-state index is -1.02. The van der Waals surface area contributed by atoms with E-state index in [0.717, 1.165) is 42.7 Å². The normalized spacial score (nSPS) is 47.2. The Labute approximate surface area is 172 Å². The third-order valence-electron chi connectivity index (χ3n) is 8.69. The zero-order valence-corrected chi connectivity index (χ0v) is 18.0. The molecule has 7 atom stereocenters. The Kier molecular flexibility index (Phi) is 4.63. The van der Waals surface area contributed by atoms with Crippen LogP contribution >= 0.6 is 11.6 Å². The lowest BCUT2D eigenvalue weighted by atomic mass is 9.48. The molecule has 5 heteroatoms. The molecule has 1 N–H and O–H groups in total. The molecule has 0 saturated heterocycles. The second kappa shape index (κ2) is 6.43. The van der Waals surface area contributed by atoms with Crippen molar-refractivity contribution in [3.63, 3.8) is 0 Å². The summed E-state index contributed by atoms with van der Waals surface area (Å²) < 4.78 is 5.80. The summed E-state index contributed by atoms with van der Waals surface area (Å²) in [5.41, 5.74) is -0.340. The Morgan fingerprint density at radius 3 is 2.39 bits per heavy atom. The highest BCUT2D eigenvalue weighted by Crippen LogP contribution is 2.68. The van der Waals surface area contributed by atoms with Crippen molar-refractivity contribution in [3.8, 4) is 0 Å². The third kappa shape index (κ3) is 2.53. The third-order valence-corrected chi connectivity index (χ3v) is 9.02. The number of hydrogen-bond acceptors (Lipinski definition) is 4. The lowest BCUT2D eigenvalue weighted by molar-refractivity contribution is -0.185. The molecule has 4 aliphatic rings. The Morgan fingerprint density at radius 2 is 1.75 bits per heavy atom. The monoisotopic (exact) mass is 406 g/mol. The van der Waals surface area contributed by atoms with Crippen LogP contribution in [0.2, 0.25) is 0 Å². The summed E-state index contributed by atoms with van der Waals surface area (Å²) >= 11 is 6.75. The second-order valence-corrected chi connectivity index (χ2v) is 10.3. The predicted octanol–water partition coefficient (Wildman–Crippen LogP) is 4.54. The van der Waals surface area contributed by atoms with Crippen LogP contribution in [0.3, 0.4) is 0 Å². The first kappa shape index (κ1) is 20.2. The van der Waals surface area contributed by atoms with E-state index in [1.54, 1.807) is 6.92 Å². The smallest absolute Gasteiger partial charge is 0.303 e. The van der Waals surface area contributed by atoms with Crippen molar-refractivity contribution in [2.75, 3.05) is 0 Å². The van der Waals surface area contributed by atoms with Gasteiger partial charge in [-0.05, 0) is 74.2 Å². The topological polar surface area (TPSA) is 63.6 Å². The van der Waals surface area contributed by atoms with Gasteiger partial charge in [-0.15, -0.1) is 0 Å². The summed E-state index contributed by atoms with van der Waals surface area (Å²) in [4.78, 5) is 24.7. The van der Waals surface area contributed by atoms with Gasteiger partial charge in [-0.1, -0.05) is 37.6 Å². The van der Waals surface area contributed by atoms with Crippen LogP contribution < -0.4 is 0 Å². The van der Waals surface area contributed by atoms with Gasteiger partial charge in [-0.3, -0.25) is 9.59 Å².